The minimum absolute atomic E-state index is 0.227. The van der Waals surface area contributed by atoms with E-state index in [1.165, 1.54) is 6.26 Å². The Morgan fingerprint density at radius 3 is 2.12 bits per heavy atom. The third kappa shape index (κ3) is 10.9. The summed E-state index contributed by atoms with van der Waals surface area (Å²) in [5.41, 5.74) is 0.385. The second-order valence-corrected chi connectivity index (χ2v) is 3.18. The highest BCUT2D eigenvalue weighted by Gasteiger charge is 2.01. The van der Waals surface area contributed by atoms with Crippen LogP contribution >= 0.6 is 0 Å². The third-order valence-electron chi connectivity index (χ3n) is 1.64. The number of hydrogen-bond acceptors (Lipinski definition) is 5. The number of carbonyl (C=O) groups excluding carboxylic acids is 1. The Morgan fingerprint density at radius 2 is 1.59 bits per heavy atom. The van der Waals surface area contributed by atoms with Gasteiger partial charge in [0.2, 0.25) is 0 Å². The molecule has 5 nitrogen and oxygen atoms in total. The van der Waals surface area contributed by atoms with Gasteiger partial charge in [-0.05, 0) is 6.92 Å². The van der Waals surface area contributed by atoms with E-state index in [2.05, 4.69) is 13.2 Å². The molecular formula is C12H20O5. The molecule has 0 atom stereocenters. The van der Waals surface area contributed by atoms with Crippen LogP contribution in [0.5, 0.6) is 0 Å². The summed E-state index contributed by atoms with van der Waals surface area (Å²) in [6, 6.07) is 0. The predicted molar refractivity (Wildman–Crippen MR) is 63.6 cm³/mol. The average molecular weight is 244 g/mol. The van der Waals surface area contributed by atoms with E-state index in [0.29, 0.717) is 38.6 Å². The van der Waals surface area contributed by atoms with Gasteiger partial charge in [0.1, 0.15) is 13.2 Å². The summed E-state index contributed by atoms with van der Waals surface area (Å²) in [5, 5.41) is 0. The van der Waals surface area contributed by atoms with Crippen molar-refractivity contribution in [2.45, 2.75) is 6.92 Å². The van der Waals surface area contributed by atoms with Gasteiger partial charge in [0.25, 0.3) is 0 Å². The molecule has 0 amide bonds. The summed E-state index contributed by atoms with van der Waals surface area (Å²) in [4.78, 5) is 11.0. The third-order valence-corrected chi connectivity index (χ3v) is 1.64. The van der Waals surface area contributed by atoms with Gasteiger partial charge in [-0.2, -0.15) is 0 Å². The van der Waals surface area contributed by atoms with Crippen molar-refractivity contribution in [3.05, 3.63) is 25.0 Å². The summed E-state index contributed by atoms with van der Waals surface area (Å²) in [6.07, 6.45) is 1.37. The van der Waals surface area contributed by atoms with Crippen molar-refractivity contribution in [2.75, 3.05) is 39.6 Å². The van der Waals surface area contributed by atoms with E-state index < -0.39 is 5.97 Å². The lowest BCUT2D eigenvalue weighted by atomic mass is 10.4. The molecule has 0 rings (SSSR count). The lowest BCUT2D eigenvalue weighted by molar-refractivity contribution is -0.140. The van der Waals surface area contributed by atoms with Crippen LogP contribution in [0.1, 0.15) is 6.92 Å². The van der Waals surface area contributed by atoms with E-state index in [1.807, 2.05) is 0 Å². The number of rotatable bonds is 11. The van der Waals surface area contributed by atoms with Crippen LogP contribution in [0, 0.1) is 0 Å². The van der Waals surface area contributed by atoms with Gasteiger partial charge < -0.3 is 18.9 Å². The molecule has 5 heteroatoms. The van der Waals surface area contributed by atoms with E-state index >= 15 is 0 Å². The van der Waals surface area contributed by atoms with Gasteiger partial charge in [-0.25, -0.2) is 4.79 Å². The van der Waals surface area contributed by atoms with E-state index in [-0.39, 0.29) is 6.61 Å². The van der Waals surface area contributed by atoms with Crippen molar-refractivity contribution in [2.24, 2.45) is 0 Å². The van der Waals surface area contributed by atoms with Crippen molar-refractivity contribution < 1.29 is 23.7 Å². The normalized spacial score (nSPS) is 9.71. The van der Waals surface area contributed by atoms with E-state index in [9.17, 15) is 4.79 Å². The lowest BCUT2D eigenvalue weighted by Gasteiger charge is -2.06. The zero-order valence-electron chi connectivity index (χ0n) is 10.3. The number of carbonyl (C=O) groups is 1. The Balaban J connectivity index is 3.11. The molecule has 17 heavy (non-hydrogen) atoms. The molecule has 0 fully saturated rings. The molecule has 0 aliphatic carbocycles. The molecule has 0 saturated carbocycles. The van der Waals surface area contributed by atoms with Crippen LogP contribution in [0.2, 0.25) is 0 Å². The first-order chi connectivity index (χ1) is 8.18. The first-order valence-electron chi connectivity index (χ1n) is 5.39. The summed E-state index contributed by atoms with van der Waals surface area (Å²) in [5.74, 6) is -0.397. The average Bonchev–Trinajstić information content (AvgIpc) is 2.31. The molecule has 0 radical (unpaired) electrons. The van der Waals surface area contributed by atoms with Gasteiger partial charge >= 0.3 is 5.97 Å². The molecule has 98 valence electrons. The number of hydrogen-bond donors (Lipinski definition) is 0. The second-order valence-electron chi connectivity index (χ2n) is 3.18. The standard InChI is InChI=1S/C12H20O5/c1-4-14-5-6-15-7-8-16-9-10-17-12(13)11(2)3/h4H,1-2,5-10H2,3H3. The Kier molecular flexibility index (Phi) is 10.3. The van der Waals surface area contributed by atoms with Crippen LogP contribution in [-0.4, -0.2) is 45.6 Å². The first kappa shape index (κ1) is 15.7. The van der Waals surface area contributed by atoms with Gasteiger partial charge in [-0.3, -0.25) is 0 Å². The number of ether oxygens (including phenoxy) is 4. The van der Waals surface area contributed by atoms with Crippen molar-refractivity contribution >= 4 is 5.97 Å². The zero-order chi connectivity index (χ0) is 12.9. The summed E-state index contributed by atoms with van der Waals surface area (Å²) >= 11 is 0. The maximum Gasteiger partial charge on any atom is 0.333 e. The van der Waals surface area contributed by atoms with Crippen molar-refractivity contribution in [3.8, 4) is 0 Å². The minimum Gasteiger partial charge on any atom is -0.499 e. The molecule has 0 aromatic heterocycles. The van der Waals surface area contributed by atoms with Gasteiger partial charge in [0, 0.05) is 5.57 Å². The van der Waals surface area contributed by atoms with Gasteiger partial charge in [-0.1, -0.05) is 13.2 Å². The monoisotopic (exact) mass is 244 g/mol. The Labute approximate surface area is 102 Å². The van der Waals surface area contributed by atoms with Gasteiger partial charge in [0.15, 0.2) is 0 Å². The van der Waals surface area contributed by atoms with Gasteiger partial charge in [0.05, 0.1) is 32.7 Å². The highest BCUT2D eigenvalue weighted by atomic mass is 16.6. The van der Waals surface area contributed by atoms with Crippen LogP contribution in [0.15, 0.2) is 25.0 Å². The molecule has 0 N–H and O–H groups in total. The van der Waals surface area contributed by atoms with Crippen LogP contribution in [0.3, 0.4) is 0 Å². The highest BCUT2D eigenvalue weighted by Crippen LogP contribution is 1.91. The lowest BCUT2D eigenvalue weighted by Crippen LogP contribution is -2.13. The molecule has 0 heterocycles. The Morgan fingerprint density at radius 1 is 1.06 bits per heavy atom. The fraction of sp³-hybridized carbons (Fsp3) is 0.583. The topological polar surface area (TPSA) is 54.0 Å². The molecule has 0 unspecified atom stereocenters. The van der Waals surface area contributed by atoms with Crippen LogP contribution < -0.4 is 0 Å². The highest BCUT2D eigenvalue weighted by molar-refractivity contribution is 5.86. The molecule has 0 aromatic rings. The Hall–Kier alpha value is -1.33. The summed E-state index contributed by atoms with van der Waals surface area (Å²) in [6.45, 7) is 11.0. The molecule has 0 spiro atoms. The van der Waals surface area contributed by atoms with Crippen LogP contribution in [0.4, 0.5) is 0 Å². The molecule has 0 aliphatic heterocycles. The first-order valence-corrected chi connectivity index (χ1v) is 5.39. The van der Waals surface area contributed by atoms with Crippen molar-refractivity contribution in [1.29, 1.82) is 0 Å². The molecule has 0 bridgehead atoms. The fourth-order valence-corrected chi connectivity index (χ4v) is 0.829. The molecule has 0 aromatic carbocycles. The molecule has 0 aliphatic rings. The van der Waals surface area contributed by atoms with Crippen LogP contribution in [-0.2, 0) is 23.7 Å². The maximum absolute atomic E-state index is 11.0. The summed E-state index contributed by atoms with van der Waals surface area (Å²) in [7, 11) is 0. The molecule has 0 saturated heterocycles. The SMILES string of the molecule is C=COCCOCCOCCOC(=O)C(=C)C. The maximum atomic E-state index is 11.0. The van der Waals surface area contributed by atoms with E-state index in [0.717, 1.165) is 0 Å². The van der Waals surface area contributed by atoms with Gasteiger partial charge in [-0.15, -0.1) is 0 Å². The smallest absolute Gasteiger partial charge is 0.333 e. The fourth-order valence-electron chi connectivity index (χ4n) is 0.829. The Bertz CT molecular complexity index is 237. The summed E-state index contributed by atoms with van der Waals surface area (Å²) < 4.78 is 20.0. The van der Waals surface area contributed by atoms with Crippen molar-refractivity contribution in [3.63, 3.8) is 0 Å². The minimum atomic E-state index is -0.397. The molecular weight excluding hydrogens is 224 g/mol. The second kappa shape index (κ2) is 11.2. The van der Waals surface area contributed by atoms with Crippen molar-refractivity contribution in [1.82, 2.24) is 0 Å². The quantitative estimate of drug-likeness (QED) is 0.237. The number of esters is 1. The predicted octanol–water partition coefficient (Wildman–Crippen LogP) is 1.30. The van der Waals surface area contributed by atoms with E-state index in [1.54, 1.807) is 6.92 Å². The van der Waals surface area contributed by atoms with Crippen LogP contribution in [0.25, 0.3) is 0 Å². The van der Waals surface area contributed by atoms with E-state index in [4.69, 9.17) is 18.9 Å². The zero-order valence-corrected chi connectivity index (χ0v) is 10.3. The largest absolute Gasteiger partial charge is 0.499 e.